The summed E-state index contributed by atoms with van der Waals surface area (Å²) in [6, 6.07) is 5.58. The van der Waals surface area contributed by atoms with Gasteiger partial charge in [-0.3, -0.25) is 14.4 Å². The molecule has 172 valence electrons. The van der Waals surface area contributed by atoms with Crippen molar-refractivity contribution in [1.29, 1.82) is 0 Å². The van der Waals surface area contributed by atoms with Crippen LogP contribution in [0, 0.1) is 11.8 Å². The van der Waals surface area contributed by atoms with Crippen LogP contribution in [0.2, 0.25) is 0 Å². The second-order valence-corrected chi connectivity index (χ2v) is 10.2. The lowest BCUT2D eigenvalue weighted by atomic mass is 9.71. The number of aliphatic hydroxyl groups excluding tert-OH is 1. The lowest BCUT2D eigenvalue weighted by Crippen LogP contribution is -2.57. The Morgan fingerprint density at radius 3 is 2.66 bits per heavy atom. The molecule has 3 fully saturated rings. The van der Waals surface area contributed by atoms with Crippen molar-refractivity contribution in [3.8, 4) is 5.75 Å². The Hall–Kier alpha value is -2.52. The van der Waals surface area contributed by atoms with E-state index in [1.807, 2.05) is 0 Å². The van der Waals surface area contributed by atoms with Crippen LogP contribution in [0.3, 0.4) is 0 Å². The zero-order valence-electron chi connectivity index (χ0n) is 18.1. The highest BCUT2D eigenvalue weighted by Crippen LogP contribution is 2.66. The van der Waals surface area contributed by atoms with Crippen LogP contribution in [0.15, 0.2) is 36.9 Å². The highest BCUT2D eigenvalue weighted by Gasteiger charge is 2.74. The van der Waals surface area contributed by atoms with E-state index >= 15 is 0 Å². The van der Waals surface area contributed by atoms with Crippen LogP contribution in [-0.2, 0) is 14.4 Å². The molecule has 0 aliphatic carbocycles. The van der Waals surface area contributed by atoms with Gasteiger partial charge in [0.25, 0.3) is 5.91 Å². The minimum Gasteiger partial charge on any atom is -0.497 e. The number of thioether (sulfide) groups is 1. The molecule has 1 spiro atoms. The molecule has 4 rings (SSSR count). The molecule has 6 atom stereocenters. The third kappa shape index (κ3) is 3.21. The highest BCUT2D eigenvalue weighted by atomic mass is 32.2. The maximum atomic E-state index is 14.1. The fraction of sp³-hybridized carbons (Fsp3) is 0.522. The molecule has 3 aliphatic rings. The average Bonchev–Trinajstić information content (AvgIpc) is 3.44. The number of methoxy groups -OCH3 is 1. The quantitative estimate of drug-likeness (QED) is 0.570. The van der Waals surface area contributed by atoms with Crippen LogP contribution in [-0.4, -0.2) is 75.2 Å². The Bertz CT molecular complexity index is 937. The van der Waals surface area contributed by atoms with E-state index in [1.165, 1.54) is 16.7 Å². The molecule has 9 heteroatoms. The maximum Gasteiger partial charge on any atom is 0.308 e. The van der Waals surface area contributed by atoms with Crippen LogP contribution >= 0.6 is 11.8 Å². The molecule has 0 radical (unpaired) electrons. The molecule has 1 aromatic carbocycles. The molecule has 3 saturated heterocycles. The monoisotopic (exact) mass is 460 g/mol. The average molecular weight is 461 g/mol. The molecular weight excluding hydrogens is 432 g/mol. The first-order valence-electron chi connectivity index (χ1n) is 10.7. The molecule has 1 aromatic rings. The zero-order chi connectivity index (χ0) is 23.2. The molecule has 3 heterocycles. The molecule has 2 amide bonds. The van der Waals surface area contributed by atoms with E-state index in [1.54, 1.807) is 49.3 Å². The number of carboxylic acids is 1. The maximum absolute atomic E-state index is 14.1. The van der Waals surface area contributed by atoms with Crippen molar-refractivity contribution in [1.82, 2.24) is 4.90 Å². The Labute approximate surface area is 191 Å². The fourth-order valence-corrected chi connectivity index (χ4v) is 7.77. The van der Waals surface area contributed by atoms with Gasteiger partial charge in [-0.15, -0.1) is 18.3 Å². The van der Waals surface area contributed by atoms with E-state index < -0.39 is 34.6 Å². The third-order valence-electron chi connectivity index (χ3n) is 6.96. The van der Waals surface area contributed by atoms with Crippen molar-refractivity contribution >= 4 is 35.2 Å². The normalized spacial score (nSPS) is 31.3. The first kappa shape index (κ1) is 22.7. The molecule has 2 N–H and O–H groups in total. The van der Waals surface area contributed by atoms with Gasteiger partial charge in [0.15, 0.2) is 0 Å². The lowest BCUT2D eigenvalue weighted by Gasteiger charge is -2.38. The Morgan fingerprint density at radius 1 is 1.41 bits per heavy atom. The van der Waals surface area contributed by atoms with E-state index in [-0.39, 0.29) is 30.2 Å². The number of ether oxygens (including phenoxy) is 1. The number of likely N-dealkylation sites (tertiary alicyclic amines) is 1. The molecule has 2 unspecified atom stereocenters. The van der Waals surface area contributed by atoms with Crippen LogP contribution in [0.4, 0.5) is 5.69 Å². The lowest BCUT2D eigenvalue weighted by molar-refractivity contribution is -0.149. The molecule has 8 nitrogen and oxygen atoms in total. The van der Waals surface area contributed by atoms with Gasteiger partial charge < -0.3 is 24.7 Å². The van der Waals surface area contributed by atoms with Gasteiger partial charge in [0.1, 0.15) is 11.8 Å². The summed E-state index contributed by atoms with van der Waals surface area (Å²) in [6.45, 7) is 5.39. The van der Waals surface area contributed by atoms with Gasteiger partial charge in [0, 0.05) is 17.5 Å². The summed E-state index contributed by atoms with van der Waals surface area (Å²) in [5.74, 6) is -2.57. The Morgan fingerprint density at radius 2 is 2.09 bits per heavy atom. The number of rotatable bonds is 8. The van der Waals surface area contributed by atoms with Gasteiger partial charge in [0.05, 0.1) is 36.3 Å². The van der Waals surface area contributed by atoms with E-state index in [4.69, 9.17) is 4.74 Å². The number of carbonyl (C=O) groups excluding carboxylic acids is 2. The highest BCUT2D eigenvalue weighted by molar-refractivity contribution is 8.02. The fourth-order valence-electron chi connectivity index (χ4n) is 5.58. The summed E-state index contributed by atoms with van der Waals surface area (Å²) in [5, 5.41) is 19.6. The predicted octanol–water partition coefficient (Wildman–Crippen LogP) is 1.77. The Kier molecular flexibility index (Phi) is 5.98. The largest absolute Gasteiger partial charge is 0.497 e. The summed E-state index contributed by atoms with van der Waals surface area (Å²) in [6.07, 6.45) is 2.87. The third-order valence-corrected chi connectivity index (χ3v) is 8.91. The van der Waals surface area contributed by atoms with Gasteiger partial charge in [-0.05, 0) is 44.0 Å². The van der Waals surface area contributed by atoms with Crippen molar-refractivity contribution in [2.75, 3.05) is 25.2 Å². The first-order chi connectivity index (χ1) is 15.3. The van der Waals surface area contributed by atoms with Gasteiger partial charge in [-0.2, -0.15) is 0 Å². The molecule has 3 aliphatic heterocycles. The van der Waals surface area contributed by atoms with Gasteiger partial charge in [-0.1, -0.05) is 6.08 Å². The number of hydrogen-bond acceptors (Lipinski definition) is 6. The number of carbonyl (C=O) groups is 3. The molecule has 0 aromatic heterocycles. The van der Waals surface area contributed by atoms with Crippen molar-refractivity contribution < 1.29 is 29.3 Å². The molecule has 2 bridgehead atoms. The van der Waals surface area contributed by atoms with Gasteiger partial charge in [-0.25, -0.2) is 0 Å². The summed E-state index contributed by atoms with van der Waals surface area (Å²) < 4.78 is 4.40. The zero-order valence-corrected chi connectivity index (χ0v) is 19.0. The van der Waals surface area contributed by atoms with Crippen molar-refractivity contribution in [2.24, 2.45) is 11.8 Å². The SMILES string of the molecule is C=CCN(C(=O)C1N([C@H](C)CO)C(=O)[C@@H]2[C@@H](C(=O)O)[C@H]3CCC12S3)c1ccc(OC)cc1. The first-order valence-corrected chi connectivity index (χ1v) is 11.6. The van der Waals surface area contributed by atoms with E-state index in [9.17, 15) is 24.6 Å². The number of nitrogens with zero attached hydrogens (tertiary/aromatic N) is 2. The number of benzene rings is 1. The summed E-state index contributed by atoms with van der Waals surface area (Å²) in [4.78, 5) is 42.7. The minimum absolute atomic E-state index is 0.183. The Balaban J connectivity index is 1.78. The topological polar surface area (TPSA) is 107 Å². The van der Waals surface area contributed by atoms with Gasteiger partial charge >= 0.3 is 5.97 Å². The van der Waals surface area contributed by atoms with Crippen LogP contribution in [0.1, 0.15) is 19.8 Å². The minimum atomic E-state index is -0.995. The second kappa shape index (κ2) is 8.44. The number of anilines is 1. The van der Waals surface area contributed by atoms with E-state index in [0.717, 1.165) is 0 Å². The van der Waals surface area contributed by atoms with Crippen LogP contribution < -0.4 is 9.64 Å². The summed E-state index contributed by atoms with van der Waals surface area (Å²) in [5.41, 5.74) is 0.631. The number of carboxylic acid groups (broad SMARTS) is 1. The molecular formula is C23H28N2O6S. The van der Waals surface area contributed by atoms with E-state index in [0.29, 0.717) is 24.3 Å². The van der Waals surface area contributed by atoms with Gasteiger partial charge in [0.2, 0.25) is 5.91 Å². The number of hydrogen-bond donors (Lipinski definition) is 2. The van der Waals surface area contributed by atoms with Crippen LogP contribution in [0.25, 0.3) is 0 Å². The molecule has 0 saturated carbocycles. The predicted molar refractivity (Wildman–Crippen MR) is 121 cm³/mol. The summed E-state index contributed by atoms with van der Waals surface area (Å²) in [7, 11) is 1.56. The van der Waals surface area contributed by atoms with Crippen molar-refractivity contribution in [3.63, 3.8) is 0 Å². The number of aliphatic carboxylic acids is 1. The van der Waals surface area contributed by atoms with Crippen molar-refractivity contribution in [2.45, 2.75) is 41.8 Å². The van der Waals surface area contributed by atoms with Crippen molar-refractivity contribution in [3.05, 3.63) is 36.9 Å². The number of amides is 2. The summed E-state index contributed by atoms with van der Waals surface area (Å²) >= 11 is 1.48. The van der Waals surface area contributed by atoms with Crippen LogP contribution in [0.5, 0.6) is 5.75 Å². The standard InChI is InChI=1S/C23H28N2O6S/c1-4-11-24(14-5-7-15(31-3)8-6-14)21(28)19-23-10-9-16(32-23)17(22(29)30)18(23)20(27)25(19)13(2)12-26/h4-8,13,16-19,26H,1,9-12H2,2-3H3,(H,29,30)/t13-,16-,17+,18+,19?,23?/m1/s1. The molecule has 32 heavy (non-hydrogen) atoms. The number of aliphatic hydroxyl groups is 1. The smallest absolute Gasteiger partial charge is 0.308 e. The van der Waals surface area contributed by atoms with E-state index in [2.05, 4.69) is 6.58 Å². The second-order valence-electron chi connectivity index (χ2n) is 8.61. The number of fused-ring (bicyclic) bond motifs is 1.